The van der Waals surface area contributed by atoms with Crippen molar-refractivity contribution < 1.29 is 36.6 Å². The number of rotatable bonds is 9. The number of nitrogens with one attached hydrogen (secondary N) is 1. The predicted octanol–water partition coefficient (Wildman–Crippen LogP) is 4.65. The van der Waals surface area contributed by atoms with Crippen LogP contribution in [-0.4, -0.2) is 54.5 Å². The Morgan fingerprint density at radius 3 is 2.40 bits per heavy atom. The van der Waals surface area contributed by atoms with Crippen LogP contribution in [0.15, 0.2) is 53.5 Å². The van der Waals surface area contributed by atoms with E-state index in [1.807, 2.05) is 0 Å². The molecule has 1 aromatic heterocycles. The fraction of sp³-hybridized carbons (Fsp3) is 0.333. The number of ether oxygens (including phenoxy) is 2. The molecule has 2 N–H and O–H groups in total. The third-order valence-electron chi connectivity index (χ3n) is 6.59. The number of aromatic nitrogens is 1. The zero-order valence-corrected chi connectivity index (χ0v) is 22.7. The number of pyridine rings is 1. The van der Waals surface area contributed by atoms with Gasteiger partial charge in [0.1, 0.15) is 17.3 Å². The van der Waals surface area contributed by atoms with Crippen molar-refractivity contribution in [3.8, 4) is 28.4 Å². The quantitative estimate of drug-likeness (QED) is 0.379. The van der Waals surface area contributed by atoms with Gasteiger partial charge in [-0.1, -0.05) is 0 Å². The standard InChI is InChI=1S/C27H29F2N3O7S/c1-3-40(36,37)30-19-5-7-23(39-24-6-4-18(28)12-22(24)29)20(13-19)21-15-31(2)26(33)14-25(21)38-16-17-8-10-32(11-9-17)27(34)35/h4-7,12-15,17,30H,3,8-11,16H2,1-2H3,(H,34,35). The number of sulfonamides is 1. The van der Waals surface area contributed by atoms with Gasteiger partial charge in [0.05, 0.1) is 12.4 Å². The number of carbonyl (C=O) groups is 1. The highest BCUT2D eigenvalue weighted by molar-refractivity contribution is 7.92. The average Bonchev–Trinajstić information content (AvgIpc) is 2.91. The molecule has 1 fully saturated rings. The number of amides is 1. The van der Waals surface area contributed by atoms with Crippen LogP contribution in [0.25, 0.3) is 11.1 Å². The predicted molar refractivity (Wildman–Crippen MR) is 144 cm³/mol. The largest absolute Gasteiger partial charge is 0.492 e. The number of nitrogens with zero attached hydrogens (tertiary/aromatic N) is 2. The van der Waals surface area contributed by atoms with E-state index in [2.05, 4.69) is 4.72 Å². The molecular formula is C27H29F2N3O7S. The molecule has 0 aliphatic carbocycles. The van der Waals surface area contributed by atoms with E-state index >= 15 is 0 Å². The van der Waals surface area contributed by atoms with Gasteiger partial charge in [-0.25, -0.2) is 22.0 Å². The Morgan fingerprint density at radius 2 is 1.75 bits per heavy atom. The molecule has 0 spiro atoms. The Balaban J connectivity index is 1.73. The van der Waals surface area contributed by atoms with Crippen LogP contribution >= 0.6 is 0 Å². The highest BCUT2D eigenvalue weighted by Gasteiger charge is 2.24. The van der Waals surface area contributed by atoms with Crippen molar-refractivity contribution in [2.75, 3.05) is 30.2 Å². The minimum Gasteiger partial charge on any atom is -0.492 e. The number of carboxylic acid groups (broad SMARTS) is 1. The molecule has 2 heterocycles. The first-order valence-electron chi connectivity index (χ1n) is 12.5. The number of anilines is 1. The summed E-state index contributed by atoms with van der Waals surface area (Å²) in [4.78, 5) is 25.1. The van der Waals surface area contributed by atoms with Gasteiger partial charge < -0.3 is 24.0 Å². The van der Waals surface area contributed by atoms with Gasteiger partial charge in [-0.3, -0.25) is 9.52 Å². The lowest BCUT2D eigenvalue weighted by molar-refractivity contribution is 0.112. The van der Waals surface area contributed by atoms with E-state index in [9.17, 15) is 31.9 Å². The molecule has 10 nitrogen and oxygen atoms in total. The fourth-order valence-electron chi connectivity index (χ4n) is 4.25. The molecule has 1 aliphatic rings. The van der Waals surface area contributed by atoms with Crippen molar-refractivity contribution in [3.63, 3.8) is 0 Å². The molecule has 0 atom stereocenters. The van der Waals surface area contributed by atoms with Crippen LogP contribution in [0.2, 0.25) is 0 Å². The van der Waals surface area contributed by atoms with Crippen LogP contribution in [0.4, 0.5) is 19.3 Å². The van der Waals surface area contributed by atoms with Crippen molar-refractivity contribution in [1.29, 1.82) is 0 Å². The first-order chi connectivity index (χ1) is 19.0. The summed E-state index contributed by atoms with van der Waals surface area (Å²) in [5.74, 6) is -1.83. The van der Waals surface area contributed by atoms with Crippen LogP contribution in [-0.2, 0) is 17.1 Å². The van der Waals surface area contributed by atoms with Crippen molar-refractivity contribution in [2.45, 2.75) is 19.8 Å². The minimum absolute atomic E-state index is 0.0410. The summed E-state index contributed by atoms with van der Waals surface area (Å²) < 4.78 is 68.0. The molecule has 3 aromatic rings. The summed E-state index contributed by atoms with van der Waals surface area (Å²) in [6, 6.07) is 8.47. The number of likely N-dealkylation sites (tertiary alicyclic amines) is 1. The number of benzene rings is 2. The van der Waals surface area contributed by atoms with E-state index in [0.717, 1.165) is 12.1 Å². The van der Waals surface area contributed by atoms with Crippen LogP contribution in [0.3, 0.4) is 0 Å². The van der Waals surface area contributed by atoms with E-state index in [-0.39, 0.29) is 52.3 Å². The van der Waals surface area contributed by atoms with Crippen molar-refractivity contribution in [1.82, 2.24) is 9.47 Å². The fourth-order valence-corrected chi connectivity index (χ4v) is 4.88. The SMILES string of the molecule is CCS(=O)(=O)Nc1ccc(Oc2ccc(F)cc2F)c(-c2cn(C)c(=O)cc2OCC2CCN(C(=O)O)CC2)c1. The van der Waals surface area contributed by atoms with Gasteiger partial charge in [0.2, 0.25) is 10.0 Å². The molecule has 214 valence electrons. The number of piperidine rings is 1. The van der Waals surface area contributed by atoms with Gasteiger partial charge in [0.25, 0.3) is 5.56 Å². The van der Waals surface area contributed by atoms with Crippen LogP contribution in [0.5, 0.6) is 17.2 Å². The monoisotopic (exact) mass is 577 g/mol. The number of hydrogen-bond donors (Lipinski definition) is 2. The van der Waals surface area contributed by atoms with Gasteiger partial charge in [0.15, 0.2) is 11.6 Å². The lowest BCUT2D eigenvalue weighted by Crippen LogP contribution is -2.38. The van der Waals surface area contributed by atoms with Gasteiger partial charge in [-0.2, -0.15) is 0 Å². The Morgan fingerprint density at radius 1 is 1.05 bits per heavy atom. The highest BCUT2D eigenvalue weighted by Crippen LogP contribution is 2.40. The Labute approximate surface area is 229 Å². The number of halogens is 2. The smallest absolute Gasteiger partial charge is 0.407 e. The normalized spacial score (nSPS) is 14.2. The summed E-state index contributed by atoms with van der Waals surface area (Å²) in [7, 11) is -2.11. The second-order valence-electron chi connectivity index (χ2n) is 9.42. The summed E-state index contributed by atoms with van der Waals surface area (Å²) in [5.41, 5.74) is 0.477. The molecule has 1 amide bonds. The first-order valence-corrected chi connectivity index (χ1v) is 14.2. The zero-order chi connectivity index (χ0) is 29.0. The summed E-state index contributed by atoms with van der Waals surface area (Å²) >= 11 is 0. The molecule has 1 aliphatic heterocycles. The van der Waals surface area contributed by atoms with Crippen molar-refractivity contribution in [2.24, 2.45) is 13.0 Å². The summed E-state index contributed by atoms with van der Waals surface area (Å²) in [6.07, 6.45) is 1.68. The summed E-state index contributed by atoms with van der Waals surface area (Å²) in [6.45, 7) is 2.43. The molecule has 0 bridgehead atoms. The maximum Gasteiger partial charge on any atom is 0.407 e. The van der Waals surface area contributed by atoms with Crippen molar-refractivity contribution >= 4 is 21.8 Å². The molecule has 1 saturated heterocycles. The average molecular weight is 578 g/mol. The molecule has 40 heavy (non-hydrogen) atoms. The molecular weight excluding hydrogens is 548 g/mol. The highest BCUT2D eigenvalue weighted by atomic mass is 32.2. The Kier molecular flexibility index (Phi) is 8.62. The van der Waals surface area contributed by atoms with E-state index in [0.29, 0.717) is 37.6 Å². The van der Waals surface area contributed by atoms with E-state index < -0.39 is 27.8 Å². The lowest BCUT2D eigenvalue weighted by Gasteiger charge is -2.30. The molecule has 13 heteroatoms. The molecule has 0 saturated carbocycles. The first kappa shape index (κ1) is 28.9. The third-order valence-corrected chi connectivity index (χ3v) is 7.89. The van der Waals surface area contributed by atoms with Crippen molar-refractivity contribution in [3.05, 3.63) is 70.6 Å². The topological polar surface area (TPSA) is 127 Å². The molecule has 0 radical (unpaired) electrons. The second kappa shape index (κ2) is 11.9. The van der Waals surface area contributed by atoms with Gasteiger partial charge in [0, 0.05) is 55.3 Å². The Hall–Kier alpha value is -4.13. The van der Waals surface area contributed by atoms with Crippen LogP contribution in [0.1, 0.15) is 19.8 Å². The zero-order valence-electron chi connectivity index (χ0n) is 21.9. The Bertz CT molecular complexity index is 1570. The molecule has 2 aromatic carbocycles. The van der Waals surface area contributed by atoms with Gasteiger partial charge >= 0.3 is 6.09 Å². The number of aryl methyl sites for hydroxylation is 1. The minimum atomic E-state index is -3.64. The van der Waals surface area contributed by atoms with E-state index in [4.69, 9.17) is 9.47 Å². The maximum atomic E-state index is 14.5. The third kappa shape index (κ3) is 6.89. The molecule has 0 unspecified atom stereocenters. The second-order valence-corrected chi connectivity index (χ2v) is 11.4. The van der Waals surface area contributed by atoms with E-state index in [1.54, 1.807) is 0 Å². The summed E-state index contributed by atoms with van der Waals surface area (Å²) in [5, 5.41) is 9.18. The van der Waals surface area contributed by atoms with Gasteiger partial charge in [-0.15, -0.1) is 0 Å². The maximum absolute atomic E-state index is 14.5. The lowest BCUT2D eigenvalue weighted by atomic mass is 9.98. The van der Waals surface area contributed by atoms with E-state index in [1.165, 1.54) is 53.9 Å². The van der Waals surface area contributed by atoms with Gasteiger partial charge in [-0.05, 0) is 56.0 Å². The molecule has 4 rings (SSSR count). The van der Waals surface area contributed by atoms with Crippen LogP contribution in [0, 0.1) is 17.6 Å². The van der Waals surface area contributed by atoms with Crippen LogP contribution < -0.4 is 19.8 Å². The number of hydrogen-bond acceptors (Lipinski definition) is 6.